The Morgan fingerprint density at radius 3 is 2.24 bits per heavy atom. The molecule has 5 rings (SSSR count). The van der Waals surface area contributed by atoms with E-state index in [1.807, 2.05) is 90.7 Å². The molecule has 0 bridgehead atoms. The van der Waals surface area contributed by atoms with Crippen molar-refractivity contribution < 1.29 is 4.79 Å². The highest BCUT2D eigenvalue weighted by Gasteiger charge is 2.33. The smallest absolute Gasteiger partial charge is 0.258 e. The molecular weight excluding hydrogens is 472 g/mol. The number of nitrogens with zero attached hydrogens (tertiary/aromatic N) is 2. The Hall–Kier alpha value is -3.50. The fourth-order valence-electron chi connectivity index (χ4n) is 4.25. The Bertz CT molecular complexity index is 1310. The number of hydrogen-bond donors (Lipinski definition) is 0. The van der Waals surface area contributed by atoms with Crippen LogP contribution in [0.2, 0.25) is 0 Å². The first-order chi connectivity index (χ1) is 16.1. The maximum atomic E-state index is 14.0. The van der Waals surface area contributed by atoms with Gasteiger partial charge < -0.3 is 0 Å². The van der Waals surface area contributed by atoms with Gasteiger partial charge in [-0.3, -0.25) is 14.7 Å². The van der Waals surface area contributed by atoms with E-state index in [1.165, 1.54) is 0 Å². The number of carbonyl (C=O) groups excluding carboxylic acids is 1. The normalized spacial score (nSPS) is 15.4. The van der Waals surface area contributed by atoms with Crippen LogP contribution >= 0.6 is 15.9 Å². The van der Waals surface area contributed by atoms with Gasteiger partial charge in [-0.05, 0) is 54.4 Å². The topological polar surface area (TPSA) is 32.7 Å². The number of carbonyl (C=O) groups is 1. The SMILES string of the molecule is Cc1ccc(C(=O)N2c3ccccc3N=C(c3ccc(Br)cc3)C[C@@H]2c2ccccc2)cc1. The van der Waals surface area contributed by atoms with E-state index in [4.69, 9.17) is 4.99 Å². The molecule has 0 saturated heterocycles. The Morgan fingerprint density at radius 1 is 0.848 bits per heavy atom. The molecule has 1 amide bonds. The highest BCUT2D eigenvalue weighted by molar-refractivity contribution is 9.10. The number of amides is 1. The summed E-state index contributed by atoms with van der Waals surface area (Å²) in [4.78, 5) is 21.0. The number of fused-ring (bicyclic) bond motifs is 1. The van der Waals surface area contributed by atoms with Gasteiger partial charge in [-0.1, -0.05) is 88.2 Å². The minimum absolute atomic E-state index is 0.0245. The van der Waals surface area contributed by atoms with Crippen LogP contribution < -0.4 is 4.90 Å². The largest absolute Gasteiger partial charge is 0.298 e. The Labute approximate surface area is 202 Å². The second kappa shape index (κ2) is 9.16. The lowest BCUT2D eigenvalue weighted by atomic mass is 9.95. The van der Waals surface area contributed by atoms with Crippen molar-refractivity contribution in [2.24, 2.45) is 4.99 Å². The summed E-state index contributed by atoms with van der Waals surface area (Å²) in [5.74, 6) is -0.0245. The van der Waals surface area contributed by atoms with E-state index in [2.05, 4.69) is 40.2 Å². The minimum atomic E-state index is -0.189. The summed E-state index contributed by atoms with van der Waals surface area (Å²) < 4.78 is 1.02. The van der Waals surface area contributed by atoms with E-state index >= 15 is 0 Å². The van der Waals surface area contributed by atoms with Gasteiger partial charge in [0.25, 0.3) is 5.91 Å². The highest BCUT2D eigenvalue weighted by Crippen LogP contribution is 2.41. The molecule has 1 atom stereocenters. The van der Waals surface area contributed by atoms with Crippen molar-refractivity contribution in [3.05, 3.63) is 130 Å². The summed E-state index contributed by atoms with van der Waals surface area (Å²) in [6.45, 7) is 2.03. The summed E-state index contributed by atoms with van der Waals surface area (Å²) in [5.41, 5.74) is 6.52. The molecule has 4 aromatic rings. The molecule has 0 radical (unpaired) electrons. The molecular formula is C29H23BrN2O. The third-order valence-corrected chi connectivity index (χ3v) is 6.50. The number of rotatable bonds is 3. The lowest BCUT2D eigenvalue weighted by Gasteiger charge is -2.32. The second-order valence-corrected chi connectivity index (χ2v) is 9.14. The van der Waals surface area contributed by atoms with Gasteiger partial charge in [-0.25, -0.2) is 0 Å². The molecule has 0 aliphatic carbocycles. The van der Waals surface area contributed by atoms with Crippen molar-refractivity contribution in [3.63, 3.8) is 0 Å². The quantitative estimate of drug-likeness (QED) is 0.287. The van der Waals surface area contributed by atoms with E-state index in [9.17, 15) is 4.79 Å². The fraction of sp³-hybridized carbons (Fsp3) is 0.103. The standard InChI is InChI=1S/C29H23BrN2O/c1-20-11-13-23(14-12-20)29(33)32-27-10-6-5-9-25(27)31-26(21-15-17-24(30)18-16-21)19-28(32)22-7-3-2-4-8-22/h2-18,28H,19H2,1H3/t28-/m1/s1. The predicted molar refractivity (Wildman–Crippen MR) is 139 cm³/mol. The maximum Gasteiger partial charge on any atom is 0.258 e. The molecule has 4 heteroatoms. The molecule has 1 aliphatic heterocycles. The zero-order chi connectivity index (χ0) is 22.8. The van der Waals surface area contributed by atoms with E-state index in [1.54, 1.807) is 0 Å². The Morgan fingerprint density at radius 2 is 1.52 bits per heavy atom. The monoisotopic (exact) mass is 494 g/mol. The zero-order valence-corrected chi connectivity index (χ0v) is 19.9. The molecule has 0 spiro atoms. The number of halogens is 1. The summed E-state index contributed by atoms with van der Waals surface area (Å²) in [5, 5.41) is 0. The lowest BCUT2D eigenvalue weighted by Crippen LogP contribution is -2.35. The summed E-state index contributed by atoms with van der Waals surface area (Å²) in [6.07, 6.45) is 0.609. The van der Waals surface area contributed by atoms with E-state index < -0.39 is 0 Å². The van der Waals surface area contributed by atoms with Crippen LogP contribution in [0, 0.1) is 6.92 Å². The van der Waals surface area contributed by atoms with E-state index in [-0.39, 0.29) is 11.9 Å². The molecule has 162 valence electrons. The van der Waals surface area contributed by atoms with Gasteiger partial charge in [0.15, 0.2) is 0 Å². The first kappa shape index (κ1) is 21.4. The van der Waals surface area contributed by atoms with Crippen LogP contribution in [0.15, 0.2) is 113 Å². The third kappa shape index (κ3) is 4.39. The van der Waals surface area contributed by atoms with E-state index in [0.717, 1.165) is 38.2 Å². The van der Waals surface area contributed by atoms with Crippen molar-refractivity contribution in [1.82, 2.24) is 0 Å². The predicted octanol–water partition coefficient (Wildman–Crippen LogP) is 7.67. The molecule has 4 aromatic carbocycles. The third-order valence-electron chi connectivity index (χ3n) is 5.97. The van der Waals surface area contributed by atoms with Gasteiger partial charge in [0.1, 0.15) is 0 Å². The number of benzene rings is 4. The molecule has 0 saturated carbocycles. The van der Waals surface area contributed by atoms with Crippen molar-refractivity contribution in [3.8, 4) is 0 Å². The van der Waals surface area contributed by atoms with Gasteiger partial charge in [0, 0.05) is 16.5 Å². The zero-order valence-electron chi connectivity index (χ0n) is 18.3. The summed E-state index contributed by atoms with van der Waals surface area (Å²) in [7, 11) is 0. The van der Waals surface area contributed by atoms with Crippen LogP contribution in [-0.2, 0) is 0 Å². The van der Waals surface area contributed by atoms with Crippen LogP contribution in [0.3, 0.4) is 0 Å². The second-order valence-electron chi connectivity index (χ2n) is 8.23. The van der Waals surface area contributed by atoms with Gasteiger partial charge >= 0.3 is 0 Å². The van der Waals surface area contributed by atoms with Gasteiger partial charge in [0.05, 0.1) is 23.1 Å². The number of aliphatic imine (C=N–C) groups is 1. The first-order valence-corrected chi connectivity index (χ1v) is 11.8. The van der Waals surface area contributed by atoms with Crippen molar-refractivity contribution >= 4 is 38.9 Å². The fourth-order valence-corrected chi connectivity index (χ4v) is 4.51. The Kier molecular flexibility index (Phi) is 5.93. The summed E-state index contributed by atoms with van der Waals surface area (Å²) in [6, 6.07) is 33.9. The molecule has 0 fully saturated rings. The number of aryl methyl sites for hydroxylation is 1. The number of hydrogen-bond acceptors (Lipinski definition) is 2. The Balaban J connectivity index is 1.68. The number of anilines is 1. The number of para-hydroxylation sites is 2. The van der Waals surface area contributed by atoms with Crippen molar-refractivity contribution in [2.45, 2.75) is 19.4 Å². The van der Waals surface area contributed by atoms with Crippen LogP contribution in [0.25, 0.3) is 0 Å². The highest BCUT2D eigenvalue weighted by atomic mass is 79.9. The van der Waals surface area contributed by atoms with Crippen LogP contribution in [0.5, 0.6) is 0 Å². The van der Waals surface area contributed by atoms with Crippen LogP contribution in [-0.4, -0.2) is 11.6 Å². The van der Waals surface area contributed by atoms with Gasteiger partial charge in [-0.2, -0.15) is 0 Å². The molecule has 0 N–H and O–H groups in total. The molecule has 1 heterocycles. The summed E-state index contributed by atoms with van der Waals surface area (Å²) >= 11 is 3.53. The van der Waals surface area contributed by atoms with Gasteiger partial charge in [0.2, 0.25) is 0 Å². The lowest BCUT2D eigenvalue weighted by molar-refractivity contribution is 0.0977. The van der Waals surface area contributed by atoms with Crippen LogP contribution in [0.4, 0.5) is 11.4 Å². The van der Waals surface area contributed by atoms with Crippen molar-refractivity contribution in [2.75, 3.05) is 4.90 Å². The maximum absolute atomic E-state index is 14.0. The average molecular weight is 495 g/mol. The molecule has 0 unspecified atom stereocenters. The van der Waals surface area contributed by atoms with E-state index in [0.29, 0.717) is 12.0 Å². The molecule has 33 heavy (non-hydrogen) atoms. The van der Waals surface area contributed by atoms with Crippen molar-refractivity contribution in [1.29, 1.82) is 0 Å². The molecule has 1 aliphatic rings. The molecule has 3 nitrogen and oxygen atoms in total. The van der Waals surface area contributed by atoms with Crippen LogP contribution in [0.1, 0.15) is 39.5 Å². The minimum Gasteiger partial charge on any atom is -0.298 e. The average Bonchev–Trinajstić information content (AvgIpc) is 3.02. The first-order valence-electron chi connectivity index (χ1n) is 11.0. The van der Waals surface area contributed by atoms with Gasteiger partial charge in [-0.15, -0.1) is 0 Å². The molecule has 0 aromatic heterocycles.